The predicted molar refractivity (Wildman–Crippen MR) is 162 cm³/mol. The van der Waals surface area contributed by atoms with E-state index >= 15 is 0 Å². The number of nitrogens with zero attached hydrogens (tertiary/aromatic N) is 2. The van der Waals surface area contributed by atoms with Crippen LogP contribution in [-0.2, 0) is 11.3 Å². The molecule has 0 radical (unpaired) electrons. The van der Waals surface area contributed by atoms with Crippen molar-refractivity contribution < 1.29 is 4.79 Å². The maximum Gasteiger partial charge on any atom is 0.280 e. The van der Waals surface area contributed by atoms with Crippen molar-refractivity contribution in [2.24, 2.45) is 0 Å². The highest BCUT2D eigenvalue weighted by molar-refractivity contribution is 9.10. The first-order chi connectivity index (χ1) is 19.5. The van der Waals surface area contributed by atoms with Gasteiger partial charge in [0, 0.05) is 26.6 Å². The lowest BCUT2D eigenvalue weighted by Crippen LogP contribution is -2.29. The quantitative estimate of drug-likeness (QED) is 0.226. The maximum atomic E-state index is 14.4. The Kier molecular flexibility index (Phi) is 5.82. The second kappa shape index (κ2) is 9.54. The molecule has 4 aromatic carbocycles. The number of aryl methyl sites for hydroxylation is 1. The minimum absolute atomic E-state index is 0.0201. The summed E-state index contributed by atoms with van der Waals surface area (Å²) in [5.74, 6) is -0.602. The van der Waals surface area contributed by atoms with Gasteiger partial charge in [0.1, 0.15) is 0 Å². The molecule has 196 valence electrons. The molecule has 2 aromatic heterocycles. The molecule has 1 aliphatic rings. The topological polar surface area (TPSA) is 73.9 Å². The molecule has 7 rings (SSSR count). The Hall–Kier alpha value is -4.62. The summed E-state index contributed by atoms with van der Waals surface area (Å²) in [7, 11) is 0. The second-order valence-electron chi connectivity index (χ2n) is 10.1. The molecule has 6 aromatic rings. The Bertz CT molecular complexity index is 1950. The Morgan fingerprint density at radius 1 is 0.825 bits per heavy atom. The van der Waals surface area contributed by atoms with Gasteiger partial charge in [-0.15, -0.1) is 0 Å². The largest absolute Gasteiger partial charge is 0.354 e. The number of rotatable bonds is 5. The number of benzene rings is 4. The van der Waals surface area contributed by atoms with E-state index in [-0.39, 0.29) is 11.5 Å². The predicted octanol–water partition coefficient (Wildman–Crippen LogP) is 7.06. The molecule has 1 aliphatic heterocycles. The van der Waals surface area contributed by atoms with Crippen LogP contribution in [0.2, 0.25) is 0 Å². The molecule has 1 unspecified atom stereocenters. The van der Waals surface area contributed by atoms with E-state index in [0.717, 1.165) is 49.1 Å². The number of anilines is 1. The van der Waals surface area contributed by atoms with Gasteiger partial charge >= 0.3 is 0 Å². The highest BCUT2D eigenvalue weighted by Gasteiger charge is 2.42. The molecule has 1 atom stereocenters. The van der Waals surface area contributed by atoms with Crippen molar-refractivity contribution in [3.8, 4) is 16.9 Å². The van der Waals surface area contributed by atoms with Crippen LogP contribution in [0.25, 0.3) is 27.8 Å². The van der Waals surface area contributed by atoms with Crippen LogP contribution in [0, 0.1) is 6.92 Å². The van der Waals surface area contributed by atoms with E-state index in [1.54, 1.807) is 4.68 Å². The zero-order valence-corrected chi connectivity index (χ0v) is 23.3. The Balaban J connectivity index is 1.46. The van der Waals surface area contributed by atoms with Crippen molar-refractivity contribution in [1.82, 2.24) is 14.8 Å². The van der Waals surface area contributed by atoms with Crippen LogP contribution < -0.4 is 10.5 Å². The summed E-state index contributed by atoms with van der Waals surface area (Å²) in [5.41, 5.74) is 7.02. The molecule has 0 saturated carbocycles. The number of carbonyl (C=O) groups is 1. The molecule has 0 spiro atoms. The van der Waals surface area contributed by atoms with Gasteiger partial charge in [0.2, 0.25) is 5.91 Å². The van der Waals surface area contributed by atoms with Crippen molar-refractivity contribution >= 4 is 38.4 Å². The minimum Gasteiger partial charge on any atom is -0.354 e. The Morgan fingerprint density at radius 2 is 1.52 bits per heavy atom. The lowest BCUT2D eigenvalue weighted by atomic mass is 9.88. The summed E-state index contributed by atoms with van der Waals surface area (Å²) in [4.78, 5) is 33.7. The van der Waals surface area contributed by atoms with Crippen LogP contribution in [0.1, 0.15) is 28.3 Å². The van der Waals surface area contributed by atoms with E-state index < -0.39 is 5.92 Å². The average molecular weight is 589 g/mol. The van der Waals surface area contributed by atoms with Gasteiger partial charge < -0.3 is 9.88 Å². The zero-order chi connectivity index (χ0) is 27.4. The first-order valence-corrected chi connectivity index (χ1v) is 13.9. The van der Waals surface area contributed by atoms with Crippen LogP contribution in [0.5, 0.6) is 0 Å². The number of halogens is 1. The van der Waals surface area contributed by atoms with Crippen molar-refractivity contribution in [2.75, 3.05) is 4.90 Å². The summed E-state index contributed by atoms with van der Waals surface area (Å²) in [6, 6.07) is 33.4. The molecular weight excluding hydrogens is 564 g/mol. The van der Waals surface area contributed by atoms with Crippen LogP contribution in [-0.4, -0.2) is 20.7 Å². The number of hydrogen-bond acceptors (Lipinski definition) is 2. The fourth-order valence-corrected chi connectivity index (χ4v) is 6.51. The van der Waals surface area contributed by atoms with E-state index in [0.29, 0.717) is 17.8 Å². The van der Waals surface area contributed by atoms with E-state index in [1.807, 2.05) is 115 Å². The van der Waals surface area contributed by atoms with Crippen LogP contribution in [0.15, 0.2) is 112 Å². The summed E-state index contributed by atoms with van der Waals surface area (Å²) in [6.07, 6.45) is 0. The first-order valence-electron chi connectivity index (χ1n) is 13.1. The Morgan fingerprint density at radius 3 is 2.30 bits per heavy atom. The summed E-state index contributed by atoms with van der Waals surface area (Å²) in [6.45, 7) is 2.35. The van der Waals surface area contributed by atoms with Gasteiger partial charge in [0.05, 0.1) is 35.1 Å². The molecule has 2 N–H and O–H groups in total. The molecule has 40 heavy (non-hydrogen) atoms. The third kappa shape index (κ3) is 3.77. The molecule has 1 amide bonds. The van der Waals surface area contributed by atoms with Crippen molar-refractivity contribution in [2.45, 2.75) is 19.4 Å². The molecular formula is C33H25BrN4O2. The molecule has 0 saturated heterocycles. The zero-order valence-electron chi connectivity index (χ0n) is 21.7. The average Bonchev–Trinajstić information content (AvgIpc) is 3.58. The molecule has 0 fully saturated rings. The number of nitrogens with one attached hydrogen (secondary N) is 2. The van der Waals surface area contributed by atoms with Gasteiger partial charge in [-0.25, -0.2) is 4.68 Å². The molecule has 7 heteroatoms. The number of H-pyrrole nitrogens is 2. The number of amides is 1. The smallest absolute Gasteiger partial charge is 0.280 e. The third-order valence-corrected chi connectivity index (χ3v) is 8.31. The van der Waals surface area contributed by atoms with Gasteiger partial charge in [-0.3, -0.25) is 14.7 Å². The third-order valence-electron chi connectivity index (χ3n) is 7.67. The lowest BCUT2D eigenvalue weighted by molar-refractivity contribution is -0.118. The number of para-hydroxylation sites is 3. The van der Waals surface area contributed by atoms with Gasteiger partial charge in [-0.1, -0.05) is 78.9 Å². The second-order valence-corrected chi connectivity index (χ2v) is 10.9. The van der Waals surface area contributed by atoms with Crippen molar-refractivity contribution in [3.05, 3.63) is 140 Å². The van der Waals surface area contributed by atoms with Crippen molar-refractivity contribution in [3.63, 3.8) is 0 Å². The highest BCUT2D eigenvalue weighted by atomic mass is 79.9. The summed E-state index contributed by atoms with van der Waals surface area (Å²) < 4.78 is 2.42. The minimum atomic E-state index is -0.582. The van der Waals surface area contributed by atoms with E-state index in [9.17, 15) is 9.59 Å². The summed E-state index contributed by atoms with van der Waals surface area (Å²) in [5, 5.41) is 4.18. The van der Waals surface area contributed by atoms with Gasteiger partial charge in [0.25, 0.3) is 5.56 Å². The number of hydrogen-bond donors (Lipinski definition) is 2. The SMILES string of the molecule is Cc1[nH]n(-c2ccccc2)c(=O)c1-c1[nH]c2ccccc2c1C1C(=O)N(Cc2ccccc2)c2c(Br)cccc21. The van der Waals surface area contributed by atoms with Crippen LogP contribution in [0.4, 0.5) is 5.69 Å². The van der Waals surface area contributed by atoms with Gasteiger partial charge in [-0.05, 0) is 58.2 Å². The molecule has 6 nitrogen and oxygen atoms in total. The van der Waals surface area contributed by atoms with Crippen LogP contribution >= 0.6 is 15.9 Å². The molecule has 3 heterocycles. The normalized spacial score (nSPS) is 14.7. The van der Waals surface area contributed by atoms with E-state index in [1.165, 1.54) is 0 Å². The molecule has 0 aliphatic carbocycles. The van der Waals surface area contributed by atoms with Crippen molar-refractivity contribution in [1.29, 1.82) is 0 Å². The monoisotopic (exact) mass is 588 g/mol. The number of aromatic nitrogens is 3. The fraction of sp³-hybridized carbons (Fsp3) is 0.0909. The lowest BCUT2D eigenvalue weighted by Gasteiger charge is -2.19. The fourth-order valence-electron chi connectivity index (χ4n) is 5.91. The van der Waals surface area contributed by atoms with Gasteiger partial charge in [0.15, 0.2) is 0 Å². The van der Waals surface area contributed by atoms with Gasteiger partial charge in [-0.2, -0.15) is 0 Å². The number of carbonyl (C=O) groups excluding carboxylic acids is 1. The number of aromatic amines is 2. The van der Waals surface area contributed by atoms with E-state index in [2.05, 4.69) is 26.0 Å². The Labute approximate surface area is 239 Å². The van der Waals surface area contributed by atoms with Crippen LogP contribution in [0.3, 0.4) is 0 Å². The maximum absolute atomic E-state index is 14.4. The number of fused-ring (bicyclic) bond motifs is 2. The molecule has 0 bridgehead atoms. The highest BCUT2D eigenvalue weighted by Crippen LogP contribution is 2.49. The standard InChI is InChI=1S/C33H25BrN4O2/c1-20-27(33(40)38(36-20)22-13-6-3-7-14-22)30-28(23-15-8-9-18-26(23)35-30)29-24-16-10-17-25(34)31(24)37(32(29)39)19-21-11-4-2-5-12-21/h2-18,29,35-36H,19H2,1H3. The van der Waals surface area contributed by atoms with E-state index in [4.69, 9.17) is 0 Å². The first kappa shape index (κ1) is 24.4. The summed E-state index contributed by atoms with van der Waals surface area (Å²) >= 11 is 3.72.